The summed E-state index contributed by atoms with van der Waals surface area (Å²) >= 11 is 0. The number of esters is 1. The summed E-state index contributed by atoms with van der Waals surface area (Å²) < 4.78 is 10.5. The van der Waals surface area contributed by atoms with Gasteiger partial charge in [0, 0.05) is 6.54 Å². The molecular formula is C19H21NO4. The molecule has 126 valence electrons. The number of rotatable bonds is 8. The second kappa shape index (κ2) is 9.35. The van der Waals surface area contributed by atoms with Gasteiger partial charge in [-0.3, -0.25) is 4.79 Å². The molecule has 24 heavy (non-hydrogen) atoms. The third kappa shape index (κ3) is 5.76. The molecule has 1 N–H and O–H groups in total. The summed E-state index contributed by atoms with van der Waals surface area (Å²) in [6, 6.07) is 16.2. The first kappa shape index (κ1) is 17.5. The van der Waals surface area contributed by atoms with Crippen LogP contribution in [0, 0.1) is 0 Å². The number of hydrogen-bond acceptors (Lipinski definition) is 4. The van der Waals surface area contributed by atoms with Crippen molar-refractivity contribution >= 4 is 11.9 Å². The first-order valence-corrected chi connectivity index (χ1v) is 7.89. The zero-order valence-electron chi connectivity index (χ0n) is 13.7. The lowest BCUT2D eigenvalue weighted by Gasteiger charge is -2.08. The maximum absolute atomic E-state index is 11.9. The molecule has 2 aromatic rings. The molecular weight excluding hydrogens is 306 g/mol. The van der Waals surface area contributed by atoms with E-state index in [1.54, 1.807) is 24.3 Å². The summed E-state index contributed by atoms with van der Waals surface area (Å²) in [5.74, 6) is -0.170. The van der Waals surface area contributed by atoms with Gasteiger partial charge in [-0.15, -0.1) is 0 Å². The third-order valence-corrected chi connectivity index (χ3v) is 3.23. The van der Waals surface area contributed by atoms with Crippen LogP contribution in [-0.4, -0.2) is 25.1 Å². The molecule has 0 aliphatic rings. The van der Waals surface area contributed by atoms with E-state index in [4.69, 9.17) is 9.47 Å². The summed E-state index contributed by atoms with van der Waals surface area (Å²) in [6.07, 6.45) is 0.919. The molecule has 5 heteroatoms. The fourth-order valence-corrected chi connectivity index (χ4v) is 1.97. The van der Waals surface area contributed by atoms with E-state index in [1.165, 1.54) is 0 Å². The first-order chi connectivity index (χ1) is 11.7. The molecule has 2 rings (SSSR count). The highest BCUT2D eigenvalue weighted by Crippen LogP contribution is 2.13. The molecule has 0 fully saturated rings. The standard InChI is InChI=1S/C19H21NO4/c1-2-12-23-17-10-8-16(9-11-17)19(22)24-14-18(21)20-13-15-6-4-3-5-7-15/h3-11H,2,12-14H2,1H3,(H,20,21). The minimum absolute atomic E-state index is 0.306. The summed E-state index contributed by atoms with van der Waals surface area (Å²) in [5, 5.41) is 2.70. The van der Waals surface area contributed by atoms with Crippen molar-refractivity contribution in [1.29, 1.82) is 0 Å². The zero-order chi connectivity index (χ0) is 17.2. The van der Waals surface area contributed by atoms with Gasteiger partial charge in [0.1, 0.15) is 5.75 Å². The van der Waals surface area contributed by atoms with E-state index in [2.05, 4.69) is 5.32 Å². The fourth-order valence-electron chi connectivity index (χ4n) is 1.97. The average molecular weight is 327 g/mol. The maximum Gasteiger partial charge on any atom is 0.338 e. The second-order valence-corrected chi connectivity index (χ2v) is 5.21. The number of benzene rings is 2. The molecule has 0 saturated carbocycles. The molecule has 0 radical (unpaired) electrons. The van der Waals surface area contributed by atoms with Crippen molar-refractivity contribution in [2.24, 2.45) is 0 Å². The second-order valence-electron chi connectivity index (χ2n) is 5.21. The lowest BCUT2D eigenvalue weighted by Crippen LogP contribution is -2.28. The molecule has 0 bridgehead atoms. The Morgan fingerprint density at radius 1 is 1.00 bits per heavy atom. The van der Waals surface area contributed by atoms with Crippen molar-refractivity contribution in [2.75, 3.05) is 13.2 Å². The van der Waals surface area contributed by atoms with Gasteiger partial charge in [0.15, 0.2) is 6.61 Å². The SMILES string of the molecule is CCCOc1ccc(C(=O)OCC(=O)NCc2ccccc2)cc1. The zero-order valence-corrected chi connectivity index (χ0v) is 13.7. The van der Waals surface area contributed by atoms with Gasteiger partial charge in [0.25, 0.3) is 5.91 Å². The van der Waals surface area contributed by atoms with Crippen LogP contribution in [0.3, 0.4) is 0 Å². The molecule has 5 nitrogen and oxygen atoms in total. The number of hydrogen-bond donors (Lipinski definition) is 1. The molecule has 0 atom stereocenters. The van der Waals surface area contributed by atoms with E-state index in [-0.39, 0.29) is 12.5 Å². The Morgan fingerprint density at radius 2 is 1.71 bits per heavy atom. The van der Waals surface area contributed by atoms with Crippen LogP contribution >= 0.6 is 0 Å². The van der Waals surface area contributed by atoms with Crippen molar-refractivity contribution in [2.45, 2.75) is 19.9 Å². The van der Waals surface area contributed by atoms with E-state index in [0.717, 1.165) is 12.0 Å². The Labute approximate surface area is 141 Å². The van der Waals surface area contributed by atoms with Crippen LogP contribution in [0.1, 0.15) is 29.3 Å². The van der Waals surface area contributed by atoms with Gasteiger partial charge in [-0.2, -0.15) is 0 Å². The summed E-state index contributed by atoms with van der Waals surface area (Å²) in [4.78, 5) is 23.6. The highest BCUT2D eigenvalue weighted by molar-refractivity contribution is 5.91. The van der Waals surface area contributed by atoms with Crippen molar-refractivity contribution in [3.8, 4) is 5.75 Å². The topological polar surface area (TPSA) is 64.6 Å². The van der Waals surface area contributed by atoms with Gasteiger partial charge in [0.2, 0.25) is 0 Å². The van der Waals surface area contributed by atoms with Crippen molar-refractivity contribution in [1.82, 2.24) is 5.32 Å². The van der Waals surface area contributed by atoms with Gasteiger partial charge >= 0.3 is 5.97 Å². The monoisotopic (exact) mass is 327 g/mol. The largest absolute Gasteiger partial charge is 0.494 e. The van der Waals surface area contributed by atoms with E-state index in [0.29, 0.717) is 24.5 Å². The van der Waals surface area contributed by atoms with E-state index in [1.807, 2.05) is 37.3 Å². The van der Waals surface area contributed by atoms with Crippen molar-refractivity contribution in [3.63, 3.8) is 0 Å². The van der Waals surface area contributed by atoms with Crippen LogP contribution < -0.4 is 10.1 Å². The molecule has 0 saturated heterocycles. The van der Waals surface area contributed by atoms with E-state index in [9.17, 15) is 9.59 Å². The normalized spacial score (nSPS) is 10.0. The summed E-state index contributed by atoms with van der Waals surface area (Å²) in [5.41, 5.74) is 1.37. The van der Waals surface area contributed by atoms with E-state index < -0.39 is 5.97 Å². The van der Waals surface area contributed by atoms with Crippen LogP contribution in [0.2, 0.25) is 0 Å². The number of carbonyl (C=O) groups is 2. The number of amides is 1. The predicted molar refractivity (Wildman–Crippen MR) is 90.8 cm³/mol. The fraction of sp³-hybridized carbons (Fsp3) is 0.263. The molecule has 0 aliphatic heterocycles. The number of carbonyl (C=O) groups excluding carboxylic acids is 2. The first-order valence-electron chi connectivity index (χ1n) is 7.89. The van der Waals surface area contributed by atoms with Crippen LogP contribution in [0.15, 0.2) is 54.6 Å². The number of ether oxygens (including phenoxy) is 2. The van der Waals surface area contributed by atoms with Crippen LogP contribution in [0.5, 0.6) is 5.75 Å². The van der Waals surface area contributed by atoms with E-state index >= 15 is 0 Å². The summed E-state index contributed by atoms with van der Waals surface area (Å²) in [6.45, 7) is 2.75. The number of nitrogens with one attached hydrogen (secondary N) is 1. The molecule has 0 spiro atoms. The Balaban J connectivity index is 1.74. The van der Waals surface area contributed by atoms with Gasteiger partial charge in [-0.25, -0.2) is 4.79 Å². The third-order valence-electron chi connectivity index (χ3n) is 3.23. The Morgan fingerprint density at radius 3 is 2.38 bits per heavy atom. The van der Waals surface area contributed by atoms with Gasteiger partial charge < -0.3 is 14.8 Å². The highest BCUT2D eigenvalue weighted by Gasteiger charge is 2.10. The maximum atomic E-state index is 11.9. The Kier molecular flexibility index (Phi) is 6.83. The molecule has 0 aliphatic carbocycles. The molecule has 2 aromatic carbocycles. The smallest absolute Gasteiger partial charge is 0.338 e. The quantitative estimate of drug-likeness (QED) is 0.757. The predicted octanol–water partition coefficient (Wildman–Crippen LogP) is 2.95. The Hall–Kier alpha value is -2.82. The average Bonchev–Trinajstić information content (AvgIpc) is 2.64. The van der Waals surface area contributed by atoms with Crippen molar-refractivity contribution < 1.29 is 19.1 Å². The molecule has 0 heterocycles. The van der Waals surface area contributed by atoms with Gasteiger partial charge in [0.05, 0.1) is 12.2 Å². The van der Waals surface area contributed by atoms with Gasteiger partial charge in [-0.05, 0) is 36.2 Å². The van der Waals surface area contributed by atoms with Crippen LogP contribution in [0.4, 0.5) is 0 Å². The van der Waals surface area contributed by atoms with Crippen LogP contribution in [0.25, 0.3) is 0 Å². The minimum Gasteiger partial charge on any atom is -0.494 e. The Bertz CT molecular complexity index is 653. The van der Waals surface area contributed by atoms with Crippen molar-refractivity contribution in [3.05, 3.63) is 65.7 Å². The summed E-state index contributed by atoms with van der Waals surface area (Å²) in [7, 11) is 0. The van der Waals surface area contributed by atoms with Gasteiger partial charge in [-0.1, -0.05) is 37.3 Å². The molecule has 0 unspecified atom stereocenters. The highest BCUT2D eigenvalue weighted by atomic mass is 16.5. The lowest BCUT2D eigenvalue weighted by atomic mass is 10.2. The lowest BCUT2D eigenvalue weighted by molar-refractivity contribution is -0.124. The van der Waals surface area contributed by atoms with Crippen LogP contribution in [-0.2, 0) is 16.1 Å². The minimum atomic E-state index is -0.535. The molecule has 0 aromatic heterocycles. The molecule has 1 amide bonds.